The van der Waals surface area contributed by atoms with Gasteiger partial charge < -0.3 is 0 Å². The molecule has 0 aliphatic heterocycles. The lowest BCUT2D eigenvalue weighted by Gasteiger charge is -1.89. The van der Waals surface area contributed by atoms with Gasteiger partial charge in [-0.2, -0.15) is 8.42 Å². The molecule has 4 heteroatoms. The Hall–Kier alpha value is -1.16. The molecule has 0 bridgehead atoms. The van der Waals surface area contributed by atoms with Crippen molar-refractivity contribution in [3.8, 4) is 0 Å². The van der Waals surface area contributed by atoms with Crippen LogP contribution >= 0.6 is 0 Å². The predicted octanol–water partition coefficient (Wildman–Crippen LogP) is 2.00. The van der Waals surface area contributed by atoms with Crippen LogP contribution in [0.15, 0.2) is 36.4 Å². The topological polar surface area (TPSA) is 34.1 Å². The molecule has 0 unspecified atom stereocenters. The highest BCUT2D eigenvalue weighted by Gasteiger charge is 2.01. The Bertz CT molecular complexity index is 381. The molecule has 0 saturated carbocycles. The molecule has 70 valence electrons. The van der Waals surface area contributed by atoms with Crippen LogP contribution in [0.25, 0.3) is 6.08 Å². The molecule has 2 nitrogen and oxygen atoms in total. The molecule has 0 N–H and O–H groups in total. The minimum absolute atomic E-state index is 0.568. The first-order chi connectivity index (χ1) is 6.08. The van der Waals surface area contributed by atoms with Crippen molar-refractivity contribution in [1.82, 2.24) is 0 Å². The molecular weight excluding hydrogens is 191 g/mol. The van der Waals surface area contributed by atoms with Gasteiger partial charge in [0.15, 0.2) is 0 Å². The predicted molar refractivity (Wildman–Crippen MR) is 50.4 cm³/mol. The Balaban J connectivity index is 2.61. The van der Waals surface area contributed by atoms with Crippen LogP contribution in [0.5, 0.6) is 0 Å². The zero-order valence-electron chi connectivity index (χ0n) is 6.85. The molecule has 13 heavy (non-hydrogen) atoms. The molecule has 1 rings (SSSR count). The lowest BCUT2D eigenvalue weighted by atomic mass is 10.2. The zero-order chi connectivity index (χ0) is 9.73. The lowest BCUT2D eigenvalue weighted by molar-refractivity contribution is 0.555. The number of rotatable bonds is 3. The summed E-state index contributed by atoms with van der Waals surface area (Å²) in [6, 6.07) is 9.11. The maximum absolute atomic E-state index is 12.0. The van der Waals surface area contributed by atoms with E-state index < -0.39 is 16.0 Å². The molecule has 0 atom stereocenters. The van der Waals surface area contributed by atoms with Gasteiger partial charge in [-0.25, -0.2) is 0 Å². The molecule has 1 aromatic carbocycles. The second kappa shape index (κ2) is 4.18. The highest BCUT2D eigenvalue weighted by Crippen LogP contribution is 2.01. The number of hydrogen-bond donors (Lipinski definition) is 0. The largest absolute Gasteiger partial charge is 0.305 e. The third kappa shape index (κ3) is 4.42. The second-order valence-corrected chi connectivity index (χ2v) is 3.93. The summed E-state index contributed by atoms with van der Waals surface area (Å²) in [7, 11) is -4.38. The standard InChI is InChI=1S/C9H9FO2S/c10-13(11,12)8-4-7-9-5-2-1-3-6-9/h1-7H,8H2. The van der Waals surface area contributed by atoms with E-state index in [9.17, 15) is 12.3 Å². The van der Waals surface area contributed by atoms with Crippen molar-refractivity contribution in [3.05, 3.63) is 42.0 Å². The molecule has 1 aromatic rings. The normalized spacial score (nSPS) is 12.1. The molecule has 0 radical (unpaired) electrons. The van der Waals surface area contributed by atoms with Crippen LogP contribution < -0.4 is 0 Å². The average molecular weight is 200 g/mol. The van der Waals surface area contributed by atoms with E-state index >= 15 is 0 Å². The molecule has 0 aliphatic rings. The van der Waals surface area contributed by atoms with E-state index in [1.54, 1.807) is 18.2 Å². The first kappa shape index (κ1) is 9.92. The first-order valence-corrected chi connectivity index (χ1v) is 5.27. The Morgan fingerprint density at radius 1 is 1.23 bits per heavy atom. The van der Waals surface area contributed by atoms with Crippen LogP contribution in [-0.2, 0) is 10.2 Å². The fourth-order valence-corrected chi connectivity index (χ4v) is 1.19. The van der Waals surface area contributed by atoms with Crippen LogP contribution in [0.4, 0.5) is 3.89 Å². The van der Waals surface area contributed by atoms with Crippen molar-refractivity contribution in [1.29, 1.82) is 0 Å². The van der Waals surface area contributed by atoms with E-state index in [0.29, 0.717) is 0 Å². The smallest absolute Gasteiger partial charge is 0.195 e. The van der Waals surface area contributed by atoms with E-state index in [-0.39, 0.29) is 0 Å². The van der Waals surface area contributed by atoms with Crippen molar-refractivity contribution >= 4 is 16.3 Å². The molecule has 0 aliphatic carbocycles. The third-order valence-electron chi connectivity index (χ3n) is 1.41. The summed E-state index contributed by atoms with van der Waals surface area (Å²) in [6.07, 6.45) is 2.85. The minimum atomic E-state index is -4.38. The zero-order valence-corrected chi connectivity index (χ0v) is 7.67. The van der Waals surface area contributed by atoms with Crippen molar-refractivity contribution in [2.75, 3.05) is 5.75 Å². The molecular formula is C9H9FO2S. The Morgan fingerprint density at radius 3 is 2.38 bits per heavy atom. The summed E-state index contributed by atoms with van der Waals surface area (Å²) in [5, 5.41) is 0. The summed E-state index contributed by atoms with van der Waals surface area (Å²) < 4.78 is 32.2. The van der Waals surface area contributed by atoms with Gasteiger partial charge in [0.1, 0.15) is 0 Å². The molecule has 0 amide bonds. The van der Waals surface area contributed by atoms with E-state index in [1.807, 2.05) is 18.2 Å². The van der Waals surface area contributed by atoms with Crippen molar-refractivity contribution in [2.24, 2.45) is 0 Å². The van der Waals surface area contributed by atoms with E-state index in [1.165, 1.54) is 6.08 Å². The van der Waals surface area contributed by atoms with Crippen molar-refractivity contribution < 1.29 is 12.3 Å². The van der Waals surface area contributed by atoms with Gasteiger partial charge in [-0.1, -0.05) is 42.5 Å². The molecule has 0 aromatic heterocycles. The molecule has 0 fully saturated rings. The lowest BCUT2D eigenvalue weighted by Crippen LogP contribution is -1.93. The second-order valence-electron chi connectivity index (χ2n) is 2.52. The van der Waals surface area contributed by atoms with E-state index in [0.717, 1.165) is 5.56 Å². The first-order valence-electron chi connectivity index (χ1n) is 3.72. The fraction of sp³-hybridized carbons (Fsp3) is 0.111. The highest BCUT2D eigenvalue weighted by atomic mass is 32.3. The monoisotopic (exact) mass is 200 g/mol. The van der Waals surface area contributed by atoms with Gasteiger partial charge in [0.05, 0.1) is 5.75 Å². The average Bonchev–Trinajstić information content (AvgIpc) is 2.04. The van der Waals surface area contributed by atoms with Gasteiger partial charge in [0.2, 0.25) is 0 Å². The fourth-order valence-electron chi connectivity index (χ4n) is 0.863. The van der Waals surface area contributed by atoms with Gasteiger partial charge >= 0.3 is 10.2 Å². The van der Waals surface area contributed by atoms with Gasteiger partial charge in [0.25, 0.3) is 0 Å². The maximum atomic E-state index is 12.0. The van der Waals surface area contributed by atoms with E-state index in [4.69, 9.17) is 0 Å². The Kier molecular flexibility index (Phi) is 3.19. The molecule has 0 heterocycles. The van der Waals surface area contributed by atoms with Crippen LogP contribution in [0.3, 0.4) is 0 Å². The quantitative estimate of drug-likeness (QED) is 0.699. The summed E-state index contributed by atoms with van der Waals surface area (Å²) in [6.45, 7) is 0. The Labute approximate surface area is 76.9 Å². The van der Waals surface area contributed by atoms with E-state index in [2.05, 4.69) is 0 Å². The van der Waals surface area contributed by atoms with Gasteiger partial charge in [-0.3, -0.25) is 0 Å². The third-order valence-corrected chi connectivity index (χ3v) is 2.00. The van der Waals surface area contributed by atoms with Gasteiger partial charge in [-0.15, -0.1) is 3.89 Å². The van der Waals surface area contributed by atoms with Gasteiger partial charge in [0, 0.05) is 0 Å². The van der Waals surface area contributed by atoms with Crippen molar-refractivity contribution in [2.45, 2.75) is 0 Å². The summed E-state index contributed by atoms with van der Waals surface area (Å²) >= 11 is 0. The van der Waals surface area contributed by atoms with Crippen LogP contribution in [0, 0.1) is 0 Å². The number of halogens is 1. The highest BCUT2D eigenvalue weighted by molar-refractivity contribution is 7.86. The summed E-state index contributed by atoms with van der Waals surface area (Å²) in [5.41, 5.74) is 0.853. The number of hydrogen-bond acceptors (Lipinski definition) is 2. The Morgan fingerprint density at radius 2 is 1.85 bits per heavy atom. The SMILES string of the molecule is O=S(=O)(F)CC=Cc1ccccc1. The summed E-state index contributed by atoms with van der Waals surface area (Å²) in [4.78, 5) is 0. The summed E-state index contributed by atoms with van der Waals surface area (Å²) in [5.74, 6) is -0.568. The molecule has 0 saturated heterocycles. The minimum Gasteiger partial charge on any atom is -0.195 e. The van der Waals surface area contributed by atoms with Crippen LogP contribution in [-0.4, -0.2) is 14.2 Å². The number of benzene rings is 1. The molecule has 0 spiro atoms. The van der Waals surface area contributed by atoms with Crippen LogP contribution in [0.1, 0.15) is 5.56 Å². The van der Waals surface area contributed by atoms with Crippen LogP contribution in [0.2, 0.25) is 0 Å². The van der Waals surface area contributed by atoms with Crippen molar-refractivity contribution in [3.63, 3.8) is 0 Å². The van der Waals surface area contributed by atoms with Gasteiger partial charge in [-0.05, 0) is 5.56 Å². The maximum Gasteiger partial charge on any atom is 0.305 e.